The van der Waals surface area contributed by atoms with E-state index in [9.17, 15) is 4.79 Å². The Morgan fingerprint density at radius 2 is 1.96 bits per heavy atom. The minimum Gasteiger partial charge on any atom is -0.465 e. The predicted molar refractivity (Wildman–Crippen MR) is 105 cm³/mol. The standard InChI is InChI=1S/C19H20Cl2N2O3/c1-25-19(24)16-11-15(4-5-18(16)23-6-8-26-9-7-23)22-12-13-2-3-14(20)10-17(13)21/h2-5,10-11,22H,6-9,12H2,1H3. The first-order chi connectivity index (χ1) is 12.6. The smallest absolute Gasteiger partial charge is 0.340 e. The second kappa shape index (κ2) is 8.62. The van der Waals surface area contributed by atoms with Crippen molar-refractivity contribution in [2.45, 2.75) is 6.54 Å². The van der Waals surface area contributed by atoms with Crippen LogP contribution in [0.15, 0.2) is 36.4 Å². The number of carbonyl (C=O) groups is 1. The van der Waals surface area contributed by atoms with Crippen LogP contribution in [-0.2, 0) is 16.0 Å². The van der Waals surface area contributed by atoms with E-state index in [4.69, 9.17) is 32.7 Å². The highest BCUT2D eigenvalue weighted by atomic mass is 35.5. The van der Waals surface area contributed by atoms with Crippen LogP contribution < -0.4 is 10.2 Å². The van der Waals surface area contributed by atoms with Crippen molar-refractivity contribution in [2.75, 3.05) is 43.6 Å². The lowest BCUT2D eigenvalue weighted by atomic mass is 10.1. The van der Waals surface area contributed by atoms with Gasteiger partial charge in [0.2, 0.25) is 0 Å². The number of ether oxygens (including phenoxy) is 2. The molecule has 1 fully saturated rings. The fraction of sp³-hybridized carbons (Fsp3) is 0.316. The van der Waals surface area contributed by atoms with Crippen molar-refractivity contribution in [3.05, 3.63) is 57.6 Å². The van der Waals surface area contributed by atoms with Crippen LogP contribution >= 0.6 is 23.2 Å². The van der Waals surface area contributed by atoms with Crippen LogP contribution in [0.25, 0.3) is 0 Å². The number of anilines is 2. The van der Waals surface area contributed by atoms with E-state index in [1.165, 1.54) is 7.11 Å². The zero-order valence-corrected chi connectivity index (χ0v) is 15.9. The summed E-state index contributed by atoms with van der Waals surface area (Å²) in [7, 11) is 1.39. The van der Waals surface area contributed by atoms with Gasteiger partial charge in [0.1, 0.15) is 0 Å². The molecule has 0 aliphatic carbocycles. The molecule has 5 nitrogen and oxygen atoms in total. The van der Waals surface area contributed by atoms with Crippen LogP contribution in [-0.4, -0.2) is 39.4 Å². The summed E-state index contributed by atoms with van der Waals surface area (Å²) in [6.07, 6.45) is 0. The number of nitrogens with one attached hydrogen (secondary N) is 1. The maximum absolute atomic E-state index is 12.3. The van der Waals surface area contributed by atoms with E-state index in [0.717, 1.165) is 30.0 Å². The van der Waals surface area contributed by atoms with Gasteiger partial charge in [0.05, 0.1) is 31.6 Å². The summed E-state index contributed by atoms with van der Waals surface area (Å²) in [5, 5.41) is 4.49. The Labute approximate surface area is 162 Å². The van der Waals surface area contributed by atoms with Crippen LogP contribution in [0.5, 0.6) is 0 Å². The maximum Gasteiger partial charge on any atom is 0.340 e. The maximum atomic E-state index is 12.3. The summed E-state index contributed by atoms with van der Waals surface area (Å²) < 4.78 is 10.3. The number of esters is 1. The van der Waals surface area contributed by atoms with Crippen molar-refractivity contribution in [2.24, 2.45) is 0 Å². The van der Waals surface area contributed by atoms with Gasteiger partial charge in [0.15, 0.2) is 0 Å². The number of benzene rings is 2. The summed E-state index contributed by atoms with van der Waals surface area (Å²) in [4.78, 5) is 14.4. The molecule has 138 valence electrons. The van der Waals surface area contributed by atoms with Gasteiger partial charge < -0.3 is 19.7 Å². The van der Waals surface area contributed by atoms with Gasteiger partial charge in [-0.2, -0.15) is 0 Å². The normalized spacial score (nSPS) is 14.2. The van der Waals surface area contributed by atoms with E-state index in [0.29, 0.717) is 35.4 Å². The van der Waals surface area contributed by atoms with Gasteiger partial charge in [-0.15, -0.1) is 0 Å². The van der Waals surface area contributed by atoms with E-state index in [1.807, 2.05) is 18.2 Å². The van der Waals surface area contributed by atoms with Crippen molar-refractivity contribution in [1.82, 2.24) is 0 Å². The lowest BCUT2D eigenvalue weighted by molar-refractivity contribution is 0.0600. The molecule has 0 bridgehead atoms. The third-order valence-electron chi connectivity index (χ3n) is 4.25. The number of nitrogens with zero attached hydrogens (tertiary/aromatic N) is 1. The van der Waals surface area contributed by atoms with E-state index >= 15 is 0 Å². The first-order valence-corrected chi connectivity index (χ1v) is 9.07. The summed E-state index contributed by atoms with van der Waals surface area (Å²) in [6.45, 7) is 3.31. The number of morpholine rings is 1. The molecule has 1 N–H and O–H groups in total. The highest BCUT2D eigenvalue weighted by Crippen LogP contribution is 2.27. The molecule has 0 amide bonds. The molecular formula is C19H20Cl2N2O3. The predicted octanol–water partition coefficient (Wildman–Crippen LogP) is 4.23. The number of hydrogen-bond donors (Lipinski definition) is 1. The monoisotopic (exact) mass is 394 g/mol. The second-order valence-electron chi connectivity index (χ2n) is 5.91. The third-order valence-corrected chi connectivity index (χ3v) is 4.84. The topological polar surface area (TPSA) is 50.8 Å². The first-order valence-electron chi connectivity index (χ1n) is 8.31. The summed E-state index contributed by atoms with van der Waals surface area (Å²) >= 11 is 12.1. The molecule has 3 rings (SSSR count). The van der Waals surface area contributed by atoms with E-state index in [-0.39, 0.29) is 5.97 Å². The second-order valence-corrected chi connectivity index (χ2v) is 6.76. The van der Waals surface area contributed by atoms with Gasteiger partial charge in [0, 0.05) is 35.4 Å². The molecule has 26 heavy (non-hydrogen) atoms. The Kier molecular flexibility index (Phi) is 6.25. The molecule has 2 aromatic rings. The van der Waals surface area contributed by atoms with Crippen molar-refractivity contribution < 1.29 is 14.3 Å². The van der Waals surface area contributed by atoms with Crippen LogP contribution in [0.3, 0.4) is 0 Å². The fourth-order valence-electron chi connectivity index (χ4n) is 2.86. The van der Waals surface area contributed by atoms with Crippen LogP contribution in [0, 0.1) is 0 Å². The fourth-order valence-corrected chi connectivity index (χ4v) is 3.34. The highest BCUT2D eigenvalue weighted by molar-refractivity contribution is 6.35. The summed E-state index contributed by atoms with van der Waals surface area (Å²) in [5.74, 6) is -0.361. The lowest BCUT2D eigenvalue weighted by Gasteiger charge is -2.30. The molecule has 0 saturated carbocycles. The minimum absolute atomic E-state index is 0.361. The number of carbonyl (C=O) groups excluding carboxylic acids is 1. The molecule has 0 atom stereocenters. The van der Waals surface area contributed by atoms with Crippen LogP contribution in [0.1, 0.15) is 15.9 Å². The molecule has 1 aliphatic rings. The Morgan fingerprint density at radius 1 is 1.19 bits per heavy atom. The van der Waals surface area contributed by atoms with Crippen molar-refractivity contribution in [3.8, 4) is 0 Å². The molecule has 0 unspecified atom stereocenters. The van der Waals surface area contributed by atoms with Crippen LogP contribution in [0.4, 0.5) is 11.4 Å². The molecule has 1 aliphatic heterocycles. The zero-order chi connectivity index (χ0) is 18.5. The van der Waals surface area contributed by atoms with Crippen molar-refractivity contribution in [1.29, 1.82) is 0 Å². The Hall–Kier alpha value is -1.95. The lowest BCUT2D eigenvalue weighted by Crippen LogP contribution is -2.37. The molecule has 7 heteroatoms. The Bertz CT molecular complexity index is 792. The quantitative estimate of drug-likeness (QED) is 0.768. The van der Waals surface area contributed by atoms with Crippen molar-refractivity contribution in [3.63, 3.8) is 0 Å². The molecule has 1 saturated heterocycles. The van der Waals surface area contributed by atoms with Gasteiger partial charge in [0.25, 0.3) is 0 Å². The van der Waals surface area contributed by atoms with Gasteiger partial charge in [-0.3, -0.25) is 0 Å². The molecule has 2 aromatic carbocycles. The minimum atomic E-state index is -0.361. The average Bonchev–Trinajstić information content (AvgIpc) is 2.67. The highest BCUT2D eigenvalue weighted by Gasteiger charge is 2.20. The molecule has 0 aromatic heterocycles. The molecular weight excluding hydrogens is 375 g/mol. The molecule has 0 radical (unpaired) electrons. The van der Waals surface area contributed by atoms with E-state index in [1.54, 1.807) is 18.2 Å². The number of methoxy groups -OCH3 is 1. The molecule has 1 heterocycles. The Morgan fingerprint density at radius 3 is 2.65 bits per heavy atom. The molecule has 0 spiro atoms. The van der Waals surface area contributed by atoms with E-state index in [2.05, 4.69) is 10.2 Å². The first kappa shape index (κ1) is 18.8. The largest absolute Gasteiger partial charge is 0.465 e. The number of halogens is 2. The number of hydrogen-bond acceptors (Lipinski definition) is 5. The Balaban J connectivity index is 1.80. The van der Waals surface area contributed by atoms with E-state index < -0.39 is 0 Å². The SMILES string of the molecule is COC(=O)c1cc(NCc2ccc(Cl)cc2Cl)ccc1N1CCOCC1. The van der Waals surface area contributed by atoms with Crippen LogP contribution in [0.2, 0.25) is 10.0 Å². The number of rotatable bonds is 5. The zero-order valence-electron chi connectivity index (χ0n) is 14.4. The third kappa shape index (κ3) is 4.41. The van der Waals surface area contributed by atoms with Crippen molar-refractivity contribution >= 4 is 40.5 Å². The summed E-state index contributed by atoms with van der Waals surface area (Å²) in [5.41, 5.74) is 3.12. The van der Waals surface area contributed by atoms with Gasteiger partial charge in [-0.25, -0.2) is 4.79 Å². The van der Waals surface area contributed by atoms with Gasteiger partial charge >= 0.3 is 5.97 Å². The van der Waals surface area contributed by atoms with Gasteiger partial charge in [-0.1, -0.05) is 29.3 Å². The van der Waals surface area contributed by atoms with Gasteiger partial charge in [-0.05, 0) is 35.9 Å². The average molecular weight is 395 g/mol. The summed E-state index contributed by atoms with van der Waals surface area (Å²) in [6, 6.07) is 11.1.